The van der Waals surface area contributed by atoms with Gasteiger partial charge in [-0.1, -0.05) is 11.2 Å². The molecule has 0 radical (unpaired) electrons. The number of furan rings is 1. The lowest BCUT2D eigenvalue weighted by Crippen LogP contribution is -2.25. The van der Waals surface area contributed by atoms with E-state index < -0.39 is 16.0 Å². The van der Waals surface area contributed by atoms with Gasteiger partial charge in [-0.2, -0.15) is 0 Å². The van der Waals surface area contributed by atoms with Crippen LogP contribution in [0.5, 0.6) is 0 Å². The van der Waals surface area contributed by atoms with Gasteiger partial charge in [-0.25, -0.2) is 13.2 Å². The average molecular weight is 388 g/mol. The van der Waals surface area contributed by atoms with Crippen molar-refractivity contribution in [3.63, 3.8) is 0 Å². The smallest absolute Gasteiger partial charge is 0.338 e. The Bertz CT molecular complexity index is 1060. The van der Waals surface area contributed by atoms with Crippen LogP contribution in [-0.2, 0) is 21.4 Å². The Labute approximate surface area is 155 Å². The molecule has 2 aromatic heterocycles. The van der Waals surface area contributed by atoms with Crippen LogP contribution in [0.1, 0.15) is 22.5 Å². The van der Waals surface area contributed by atoms with Crippen LogP contribution in [0.3, 0.4) is 0 Å². The van der Waals surface area contributed by atoms with Gasteiger partial charge in [0.25, 0.3) is 0 Å². The summed E-state index contributed by atoms with van der Waals surface area (Å²) >= 11 is 0. The molecule has 1 saturated heterocycles. The Kier molecular flexibility index (Phi) is 4.44. The van der Waals surface area contributed by atoms with Gasteiger partial charge >= 0.3 is 5.97 Å². The number of sulfonamides is 1. The highest BCUT2D eigenvalue weighted by Gasteiger charge is 2.28. The topological polar surface area (TPSA) is 103 Å². The zero-order chi connectivity index (χ0) is 18.9. The van der Waals surface area contributed by atoms with E-state index >= 15 is 0 Å². The summed E-state index contributed by atoms with van der Waals surface area (Å²) in [6.07, 6.45) is 2.09. The molecule has 140 valence electrons. The zero-order valence-electron chi connectivity index (χ0n) is 14.2. The van der Waals surface area contributed by atoms with Crippen molar-refractivity contribution >= 4 is 21.7 Å². The molecule has 1 aromatic carbocycles. The van der Waals surface area contributed by atoms with E-state index in [4.69, 9.17) is 13.7 Å². The van der Waals surface area contributed by atoms with Crippen LogP contribution in [0.4, 0.5) is 5.69 Å². The Morgan fingerprint density at radius 3 is 2.81 bits per heavy atom. The predicted molar refractivity (Wildman–Crippen MR) is 95.5 cm³/mol. The highest BCUT2D eigenvalue weighted by molar-refractivity contribution is 7.93. The van der Waals surface area contributed by atoms with Gasteiger partial charge in [-0.05, 0) is 36.8 Å². The molecule has 0 aliphatic carbocycles. The van der Waals surface area contributed by atoms with Crippen LogP contribution < -0.4 is 4.31 Å². The van der Waals surface area contributed by atoms with Crippen LogP contribution in [-0.4, -0.2) is 31.8 Å². The number of esters is 1. The van der Waals surface area contributed by atoms with Crippen molar-refractivity contribution in [3.05, 3.63) is 60.0 Å². The summed E-state index contributed by atoms with van der Waals surface area (Å²) < 4.78 is 41.0. The largest absolute Gasteiger partial charge is 0.461 e. The zero-order valence-corrected chi connectivity index (χ0v) is 15.0. The number of hydrogen-bond donors (Lipinski definition) is 0. The molecule has 0 N–H and O–H groups in total. The van der Waals surface area contributed by atoms with Gasteiger partial charge in [0, 0.05) is 12.6 Å². The molecule has 1 aliphatic heterocycles. The van der Waals surface area contributed by atoms with E-state index in [2.05, 4.69) is 5.16 Å². The van der Waals surface area contributed by atoms with Gasteiger partial charge in [0.15, 0.2) is 5.76 Å². The van der Waals surface area contributed by atoms with Crippen LogP contribution in [0.2, 0.25) is 0 Å². The molecule has 0 bridgehead atoms. The number of aromatic nitrogens is 1. The third-order valence-electron chi connectivity index (χ3n) is 4.14. The Morgan fingerprint density at radius 2 is 2.07 bits per heavy atom. The second kappa shape index (κ2) is 6.92. The molecule has 9 heteroatoms. The highest BCUT2D eigenvalue weighted by atomic mass is 32.2. The highest BCUT2D eigenvalue weighted by Crippen LogP contribution is 2.25. The van der Waals surface area contributed by atoms with Crippen molar-refractivity contribution in [1.82, 2.24) is 5.16 Å². The summed E-state index contributed by atoms with van der Waals surface area (Å²) in [4.78, 5) is 12.3. The molecule has 0 unspecified atom stereocenters. The summed E-state index contributed by atoms with van der Waals surface area (Å²) in [5.74, 6) is 0.508. The fraction of sp³-hybridized carbons (Fsp3) is 0.222. The normalized spacial score (nSPS) is 15.8. The predicted octanol–water partition coefficient (Wildman–Crippen LogP) is 2.83. The first-order valence-electron chi connectivity index (χ1n) is 8.30. The first-order chi connectivity index (χ1) is 13.0. The third kappa shape index (κ3) is 3.59. The number of nitrogens with zero attached hydrogens (tertiary/aromatic N) is 2. The molecule has 0 atom stereocenters. The molecule has 8 nitrogen and oxygen atoms in total. The van der Waals surface area contributed by atoms with Crippen LogP contribution in [0, 0.1) is 0 Å². The SMILES string of the molecule is O=C(OCc1cc(-c2ccco2)on1)c1cccc(N2CCCS2(=O)=O)c1. The number of hydrogen-bond acceptors (Lipinski definition) is 7. The minimum Gasteiger partial charge on any atom is -0.461 e. The summed E-state index contributed by atoms with van der Waals surface area (Å²) in [7, 11) is -3.31. The number of carbonyl (C=O) groups is 1. The fourth-order valence-electron chi connectivity index (χ4n) is 2.86. The molecule has 4 rings (SSSR count). The first kappa shape index (κ1) is 17.3. The third-order valence-corrected chi connectivity index (χ3v) is 6.01. The van der Waals surface area contributed by atoms with Crippen LogP contribution >= 0.6 is 0 Å². The second-order valence-electron chi connectivity index (χ2n) is 6.03. The summed E-state index contributed by atoms with van der Waals surface area (Å²) in [5, 5.41) is 3.84. The molecule has 27 heavy (non-hydrogen) atoms. The molecule has 0 saturated carbocycles. The summed E-state index contributed by atoms with van der Waals surface area (Å²) in [6, 6.07) is 11.5. The Balaban J connectivity index is 1.44. The number of anilines is 1. The fourth-order valence-corrected chi connectivity index (χ4v) is 4.41. The lowest BCUT2D eigenvalue weighted by Gasteiger charge is -2.17. The van der Waals surface area contributed by atoms with E-state index in [1.165, 1.54) is 16.6 Å². The van der Waals surface area contributed by atoms with Crippen molar-refractivity contribution in [2.45, 2.75) is 13.0 Å². The van der Waals surface area contributed by atoms with Crippen molar-refractivity contribution < 1.29 is 26.9 Å². The van der Waals surface area contributed by atoms with Crippen LogP contribution in [0.25, 0.3) is 11.5 Å². The number of rotatable bonds is 5. The van der Waals surface area contributed by atoms with E-state index in [-0.39, 0.29) is 17.9 Å². The maximum absolute atomic E-state index is 12.3. The molecule has 0 amide bonds. The van der Waals surface area contributed by atoms with E-state index in [1.807, 2.05) is 0 Å². The molecule has 1 aliphatic rings. The van der Waals surface area contributed by atoms with Gasteiger partial charge < -0.3 is 13.7 Å². The van der Waals surface area contributed by atoms with Gasteiger partial charge in [-0.3, -0.25) is 4.31 Å². The summed E-state index contributed by atoms with van der Waals surface area (Å²) in [6.45, 7) is 0.338. The van der Waals surface area contributed by atoms with Crippen molar-refractivity contribution in [3.8, 4) is 11.5 Å². The Morgan fingerprint density at radius 1 is 1.19 bits per heavy atom. The molecule has 3 aromatic rings. The molecule has 0 spiro atoms. The minimum atomic E-state index is -3.31. The molecule has 1 fully saturated rings. The molecule has 3 heterocycles. The lowest BCUT2D eigenvalue weighted by molar-refractivity contribution is 0.0464. The van der Waals surface area contributed by atoms with Crippen molar-refractivity contribution in [2.75, 3.05) is 16.6 Å². The maximum Gasteiger partial charge on any atom is 0.338 e. The molecular weight excluding hydrogens is 372 g/mol. The van der Waals surface area contributed by atoms with E-state index in [1.54, 1.807) is 36.4 Å². The van der Waals surface area contributed by atoms with E-state index in [0.717, 1.165) is 0 Å². The first-order valence-corrected chi connectivity index (χ1v) is 9.91. The van der Waals surface area contributed by atoms with Gasteiger partial charge in [0.05, 0.1) is 23.3 Å². The van der Waals surface area contributed by atoms with Gasteiger partial charge in [-0.15, -0.1) is 0 Å². The number of benzene rings is 1. The quantitative estimate of drug-likeness (QED) is 0.619. The van der Waals surface area contributed by atoms with Gasteiger partial charge in [0.2, 0.25) is 15.8 Å². The monoisotopic (exact) mass is 388 g/mol. The van der Waals surface area contributed by atoms with E-state index in [9.17, 15) is 13.2 Å². The average Bonchev–Trinajstić information content (AvgIpc) is 3.40. The lowest BCUT2D eigenvalue weighted by atomic mass is 10.2. The minimum absolute atomic E-state index is 0.0741. The number of ether oxygens (including phenoxy) is 1. The number of carbonyl (C=O) groups excluding carboxylic acids is 1. The van der Waals surface area contributed by atoms with Crippen molar-refractivity contribution in [1.29, 1.82) is 0 Å². The maximum atomic E-state index is 12.3. The van der Waals surface area contributed by atoms with Crippen LogP contribution in [0.15, 0.2) is 57.7 Å². The van der Waals surface area contributed by atoms with E-state index in [0.29, 0.717) is 35.9 Å². The van der Waals surface area contributed by atoms with Gasteiger partial charge in [0.1, 0.15) is 12.3 Å². The standard InChI is InChI=1S/C18H16N2O6S/c21-18(25-12-14-11-17(26-19-14)16-6-2-8-24-16)13-4-1-5-15(10-13)20-7-3-9-27(20,22)23/h1-2,4-6,8,10-11H,3,7,9,12H2. The second-order valence-corrected chi connectivity index (χ2v) is 8.04. The van der Waals surface area contributed by atoms with Crippen molar-refractivity contribution in [2.24, 2.45) is 0 Å². The Hall–Kier alpha value is -3.07. The summed E-state index contributed by atoms with van der Waals surface area (Å²) in [5.41, 5.74) is 1.17. The molecular formula is C18H16N2O6S.